The van der Waals surface area contributed by atoms with E-state index in [-0.39, 0.29) is 0 Å². The number of nitrogens with zero attached hydrogens (tertiary/aromatic N) is 1. The number of thiazole rings is 1. The number of aryl methyl sites for hydroxylation is 1. The molecule has 0 bridgehead atoms. The van der Waals surface area contributed by atoms with Gasteiger partial charge in [-0.1, -0.05) is 20.3 Å². The van der Waals surface area contributed by atoms with Gasteiger partial charge in [-0.3, -0.25) is 0 Å². The molecular weight excluding hydrogens is 244 g/mol. The zero-order chi connectivity index (χ0) is 12.8. The average Bonchev–Trinajstić information content (AvgIpc) is 2.99. The van der Waals surface area contributed by atoms with Crippen molar-refractivity contribution in [1.29, 1.82) is 0 Å². The van der Waals surface area contributed by atoms with Gasteiger partial charge in [-0.15, -0.1) is 11.3 Å². The Balaban J connectivity index is 2.04. The highest BCUT2D eigenvalue weighted by Crippen LogP contribution is 2.31. The zero-order valence-corrected chi connectivity index (χ0v) is 12.3. The molecule has 1 aliphatic heterocycles. The van der Waals surface area contributed by atoms with Gasteiger partial charge in [0.15, 0.2) is 0 Å². The lowest BCUT2D eigenvalue weighted by Crippen LogP contribution is -2.13. The van der Waals surface area contributed by atoms with Crippen molar-refractivity contribution in [2.24, 2.45) is 0 Å². The summed E-state index contributed by atoms with van der Waals surface area (Å²) in [7, 11) is 0. The van der Waals surface area contributed by atoms with Gasteiger partial charge in [0, 0.05) is 23.9 Å². The van der Waals surface area contributed by atoms with Crippen LogP contribution in [0.25, 0.3) is 0 Å². The van der Waals surface area contributed by atoms with Gasteiger partial charge in [-0.25, -0.2) is 4.98 Å². The van der Waals surface area contributed by atoms with Crippen molar-refractivity contribution in [2.45, 2.75) is 52.0 Å². The Morgan fingerprint density at radius 3 is 2.94 bits per heavy atom. The third-order valence-corrected chi connectivity index (χ3v) is 4.53. The van der Waals surface area contributed by atoms with Crippen molar-refractivity contribution in [1.82, 2.24) is 10.3 Å². The van der Waals surface area contributed by atoms with Crippen LogP contribution in [0.15, 0.2) is 0 Å². The molecule has 1 N–H and O–H groups in total. The van der Waals surface area contributed by atoms with Crippen molar-refractivity contribution >= 4 is 11.3 Å². The smallest absolute Gasteiger partial charge is 0.0986 e. The van der Waals surface area contributed by atoms with Crippen molar-refractivity contribution < 1.29 is 4.74 Å². The van der Waals surface area contributed by atoms with Gasteiger partial charge in [0.25, 0.3) is 0 Å². The second kappa shape index (κ2) is 7.22. The lowest BCUT2D eigenvalue weighted by Gasteiger charge is -2.02. The lowest BCUT2D eigenvalue weighted by molar-refractivity contribution is 0.194. The fourth-order valence-electron chi connectivity index (χ4n) is 2.26. The molecule has 1 unspecified atom stereocenters. The van der Waals surface area contributed by atoms with E-state index in [1.54, 1.807) is 0 Å². The minimum absolute atomic E-state index is 0.547. The topological polar surface area (TPSA) is 34.1 Å². The maximum atomic E-state index is 5.47. The normalized spacial score (nSPS) is 19.6. The number of rotatable bonds is 7. The Morgan fingerprint density at radius 2 is 2.28 bits per heavy atom. The molecule has 0 aliphatic carbocycles. The molecular formula is C14H24N2OS. The first-order chi connectivity index (χ1) is 8.85. The van der Waals surface area contributed by atoms with E-state index in [0.717, 1.165) is 39.1 Å². The van der Waals surface area contributed by atoms with Gasteiger partial charge in [0.2, 0.25) is 0 Å². The minimum Gasteiger partial charge on any atom is -0.381 e. The molecule has 1 atom stereocenters. The molecule has 102 valence electrons. The van der Waals surface area contributed by atoms with Crippen molar-refractivity contribution in [3.8, 4) is 0 Å². The fourth-order valence-corrected chi connectivity index (χ4v) is 3.46. The Bertz CT molecular complexity index is 359. The highest BCUT2D eigenvalue weighted by Gasteiger charge is 2.22. The maximum absolute atomic E-state index is 5.47. The zero-order valence-electron chi connectivity index (χ0n) is 11.5. The van der Waals surface area contributed by atoms with E-state index in [2.05, 4.69) is 19.2 Å². The summed E-state index contributed by atoms with van der Waals surface area (Å²) >= 11 is 1.89. The van der Waals surface area contributed by atoms with Gasteiger partial charge in [-0.2, -0.15) is 0 Å². The number of ether oxygens (including phenoxy) is 1. The lowest BCUT2D eigenvalue weighted by atomic mass is 10.1. The maximum Gasteiger partial charge on any atom is 0.0986 e. The third-order valence-electron chi connectivity index (χ3n) is 3.27. The van der Waals surface area contributed by atoms with Crippen LogP contribution in [0.2, 0.25) is 0 Å². The average molecular weight is 268 g/mol. The number of hydrogen-bond donors (Lipinski definition) is 1. The summed E-state index contributed by atoms with van der Waals surface area (Å²) in [4.78, 5) is 6.30. The molecule has 18 heavy (non-hydrogen) atoms. The molecule has 0 aromatic carbocycles. The second-order valence-electron chi connectivity index (χ2n) is 4.91. The van der Waals surface area contributed by atoms with E-state index in [1.807, 2.05) is 11.3 Å². The fraction of sp³-hybridized carbons (Fsp3) is 0.786. The summed E-state index contributed by atoms with van der Waals surface area (Å²) in [5.41, 5.74) is 1.31. The Labute approximate surface area is 114 Å². The number of aromatic nitrogens is 1. The Morgan fingerprint density at radius 1 is 1.39 bits per heavy atom. The van der Waals surface area contributed by atoms with Crippen LogP contribution in [0.5, 0.6) is 0 Å². The van der Waals surface area contributed by atoms with E-state index >= 15 is 0 Å². The minimum atomic E-state index is 0.547. The van der Waals surface area contributed by atoms with Gasteiger partial charge < -0.3 is 10.1 Å². The summed E-state index contributed by atoms with van der Waals surface area (Å²) in [5, 5.41) is 4.79. The van der Waals surface area contributed by atoms with Crippen LogP contribution in [0, 0.1) is 0 Å². The van der Waals surface area contributed by atoms with Crippen LogP contribution in [0.3, 0.4) is 0 Å². The first-order valence-corrected chi connectivity index (χ1v) is 7.93. The Hall–Kier alpha value is -0.450. The molecule has 0 spiro atoms. The first-order valence-electron chi connectivity index (χ1n) is 7.12. The van der Waals surface area contributed by atoms with Crippen molar-refractivity contribution in [3.05, 3.63) is 15.6 Å². The third kappa shape index (κ3) is 3.53. The summed E-state index contributed by atoms with van der Waals surface area (Å²) in [6.45, 7) is 8.26. The summed E-state index contributed by atoms with van der Waals surface area (Å²) in [5.74, 6) is 0.547. The van der Waals surface area contributed by atoms with E-state index < -0.39 is 0 Å². The molecule has 1 saturated heterocycles. The molecule has 0 amide bonds. The summed E-state index contributed by atoms with van der Waals surface area (Å²) < 4.78 is 5.47. The van der Waals surface area contributed by atoms with Crippen molar-refractivity contribution in [3.63, 3.8) is 0 Å². The predicted molar refractivity (Wildman–Crippen MR) is 76.3 cm³/mol. The second-order valence-corrected chi connectivity index (χ2v) is 6.02. The first kappa shape index (κ1) is 14.0. The van der Waals surface area contributed by atoms with Crippen LogP contribution in [0.1, 0.15) is 54.6 Å². The molecule has 1 fully saturated rings. The molecule has 2 heterocycles. The highest BCUT2D eigenvalue weighted by molar-refractivity contribution is 7.11. The molecule has 4 heteroatoms. The molecule has 3 nitrogen and oxygen atoms in total. The van der Waals surface area contributed by atoms with Crippen LogP contribution in [-0.4, -0.2) is 24.7 Å². The molecule has 0 saturated carbocycles. The molecule has 2 rings (SSSR count). The highest BCUT2D eigenvalue weighted by atomic mass is 32.1. The van der Waals surface area contributed by atoms with Crippen LogP contribution in [-0.2, 0) is 17.7 Å². The van der Waals surface area contributed by atoms with Crippen molar-refractivity contribution in [2.75, 3.05) is 19.8 Å². The number of hydrogen-bond acceptors (Lipinski definition) is 4. The standard InChI is InChI=1S/C14H24N2OS/c1-3-5-12-13(9-15-7-4-2)18-14(16-12)11-6-8-17-10-11/h11,15H,3-10H2,1-2H3. The predicted octanol–water partition coefficient (Wildman–Crippen LogP) is 3.10. The van der Waals surface area contributed by atoms with E-state index in [9.17, 15) is 0 Å². The SMILES string of the molecule is CCCNCc1sc(C2CCOC2)nc1CCC. The van der Waals surface area contributed by atoms with E-state index in [4.69, 9.17) is 9.72 Å². The largest absolute Gasteiger partial charge is 0.381 e. The van der Waals surface area contributed by atoms with Crippen LogP contribution >= 0.6 is 11.3 Å². The van der Waals surface area contributed by atoms with Crippen LogP contribution < -0.4 is 5.32 Å². The van der Waals surface area contributed by atoms with Gasteiger partial charge in [0.1, 0.15) is 0 Å². The molecule has 1 aromatic heterocycles. The van der Waals surface area contributed by atoms with Crippen LogP contribution in [0.4, 0.5) is 0 Å². The Kier molecular flexibility index (Phi) is 5.60. The van der Waals surface area contributed by atoms with E-state index in [1.165, 1.54) is 28.4 Å². The summed E-state index contributed by atoms with van der Waals surface area (Å²) in [6, 6.07) is 0. The summed E-state index contributed by atoms with van der Waals surface area (Å²) in [6.07, 6.45) is 4.60. The van der Waals surface area contributed by atoms with E-state index in [0.29, 0.717) is 5.92 Å². The molecule has 1 aliphatic rings. The molecule has 0 radical (unpaired) electrons. The van der Waals surface area contributed by atoms with Gasteiger partial charge in [0.05, 0.1) is 17.3 Å². The van der Waals surface area contributed by atoms with Gasteiger partial charge in [-0.05, 0) is 25.8 Å². The monoisotopic (exact) mass is 268 g/mol. The molecule has 1 aromatic rings. The quantitative estimate of drug-likeness (QED) is 0.772. The van der Waals surface area contributed by atoms with Gasteiger partial charge >= 0.3 is 0 Å². The number of nitrogens with one attached hydrogen (secondary N) is 1.